The highest BCUT2D eigenvalue weighted by atomic mass is 79.9. The van der Waals surface area contributed by atoms with Crippen LogP contribution in [0, 0.1) is 0 Å². The maximum atomic E-state index is 12.1. The Hall–Kier alpha value is -1.24. The van der Waals surface area contributed by atoms with Crippen molar-refractivity contribution in [1.82, 2.24) is 14.3 Å². The standard InChI is InChI=1S/C13H14BrN3O2/c14-10-1-2-12-15-11(7-13(18)17(12)8-10)9-16-3-5-19-6-4-16/h1-2,7-8H,3-6,9H2. The molecule has 0 aromatic carbocycles. The van der Waals surface area contributed by atoms with Gasteiger partial charge in [-0.25, -0.2) is 4.98 Å². The molecule has 0 N–H and O–H groups in total. The zero-order valence-electron chi connectivity index (χ0n) is 10.4. The van der Waals surface area contributed by atoms with Crippen LogP contribution >= 0.6 is 15.9 Å². The molecule has 0 unspecified atom stereocenters. The van der Waals surface area contributed by atoms with Crippen LogP contribution in [0.15, 0.2) is 33.7 Å². The smallest absolute Gasteiger partial charge is 0.258 e. The quantitative estimate of drug-likeness (QED) is 0.835. The van der Waals surface area contributed by atoms with Crippen LogP contribution in [-0.2, 0) is 11.3 Å². The summed E-state index contributed by atoms with van der Waals surface area (Å²) >= 11 is 3.36. The highest BCUT2D eigenvalue weighted by Crippen LogP contribution is 2.10. The lowest BCUT2D eigenvalue weighted by Crippen LogP contribution is -2.36. The summed E-state index contributed by atoms with van der Waals surface area (Å²) in [6.45, 7) is 3.98. The summed E-state index contributed by atoms with van der Waals surface area (Å²) in [4.78, 5) is 18.8. The van der Waals surface area contributed by atoms with Crippen LogP contribution in [0.1, 0.15) is 5.69 Å². The lowest BCUT2D eigenvalue weighted by Gasteiger charge is -2.26. The molecule has 3 rings (SSSR count). The van der Waals surface area contributed by atoms with Crippen molar-refractivity contribution in [2.24, 2.45) is 0 Å². The molecular formula is C13H14BrN3O2. The van der Waals surface area contributed by atoms with Gasteiger partial charge in [0.1, 0.15) is 5.65 Å². The number of fused-ring (bicyclic) bond motifs is 1. The molecule has 0 amide bonds. The Morgan fingerprint density at radius 3 is 2.89 bits per heavy atom. The Bertz CT molecular complexity index is 650. The van der Waals surface area contributed by atoms with Gasteiger partial charge in [-0.05, 0) is 28.1 Å². The van der Waals surface area contributed by atoms with Crippen LogP contribution < -0.4 is 5.56 Å². The maximum Gasteiger partial charge on any atom is 0.258 e. The first-order valence-electron chi connectivity index (χ1n) is 6.20. The number of ether oxygens (including phenoxy) is 1. The molecular weight excluding hydrogens is 310 g/mol. The van der Waals surface area contributed by atoms with Crippen LogP contribution in [0.25, 0.3) is 5.65 Å². The fourth-order valence-electron chi connectivity index (χ4n) is 2.20. The van der Waals surface area contributed by atoms with Gasteiger partial charge in [0.25, 0.3) is 5.56 Å². The van der Waals surface area contributed by atoms with Crippen molar-refractivity contribution in [3.05, 3.63) is 44.9 Å². The van der Waals surface area contributed by atoms with Crippen LogP contribution in [0.3, 0.4) is 0 Å². The van der Waals surface area contributed by atoms with E-state index in [1.165, 1.54) is 0 Å². The Kier molecular flexibility index (Phi) is 3.63. The minimum absolute atomic E-state index is 0.0467. The van der Waals surface area contributed by atoms with Crippen molar-refractivity contribution in [2.75, 3.05) is 26.3 Å². The molecule has 0 bridgehead atoms. The summed E-state index contributed by atoms with van der Waals surface area (Å²) in [5.74, 6) is 0. The largest absolute Gasteiger partial charge is 0.379 e. The van der Waals surface area contributed by atoms with Gasteiger partial charge in [0.15, 0.2) is 0 Å². The van der Waals surface area contributed by atoms with Crippen LogP contribution in [-0.4, -0.2) is 40.6 Å². The summed E-state index contributed by atoms with van der Waals surface area (Å²) in [6, 6.07) is 5.34. The summed E-state index contributed by atoms with van der Waals surface area (Å²) in [7, 11) is 0. The second kappa shape index (κ2) is 5.40. The number of hydrogen-bond donors (Lipinski definition) is 0. The SMILES string of the molecule is O=c1cc(CN2CCOCC2)nc2ccc(Br)cn12. The molecule has 6 heteroatoms. The summed E-state index contributed by atoms with van der Waals surface area (Å²) in [5, 5.41) is 0. The average Bonchev–Trinajstić information content (AvgIpc) is 2.41. The van der Waals surface area contributed by atoms with Gasteiger partial charge in [-0.15, -0.1) is 0 Å². The molecule has 3 heterocycles. The minimum atomic E-state index is -0.0467. The van der Waals surface area contributed by atoms with Gasteiger partial charge in [0.2, 0.25) is 0 Å². The van der Waals surface area contributed by atoms with Gasteiger partial charge in [0, 0.05) is 36.4 Å². The highest BCUT2D eigenvalue weighted by molar-refractivity contribution is 9.10. The topological polar surface area (TPSA) is 46.8 Å². The minimum Gasteiger partial charge on any atom is -0.379 e. The molecule has 2 aromatic rings. The first kappa shape index (κ1) is 12.8. The van der Waals surface area contributed by atoms with Gasteiger partial charge < -0.3 is 4.74 Å². The van der Waals surface area contributed by atoms with Gasteiger partial charge in [-0.2, -0.15) is 0 Å². The normalized spacial score (nSPS) is 16.9. The van der Waals surface area contributed by atoms with E-state index in [-0.39, 0.29) is 5.56 Å². The van der Waals surface area contributed by atoms with Crippen molar-refractivity contribution < 1.29 is 4.74 Å². The molecule has 0 radical (unpaired) electrons. The molecule has 0 atom stereocenters. The Morgan fingerprint density at radius 2 is 2.11 bits per heavy atom. The zero-order valence-corrected chi connectivity index (χ0v) is 12.0. The summed E-state index contributed by atoms with van der Waals surface area (Å²) in [5.41, 5.74) is 1.45. The van der Waals surface area contributed by atoms with E-state index in [2.05, 4.69) is 25.8 Å². The molecule has 0 spiro atoms. The van der Waals surface area contributed by atoms with Crippen LogP contribution in [0.4, 0.5) is 0 Å². The molecule has 1 aliphatic rings. The Labute approximate surface area is 119 Å². The third kappa shape index (κ3) is 2.86. The third-order valence-electron chi connectivity index (χ3n) is 3.17. The summed E-state index contributed by atoms with van der Waals surface area (Å²) in [6.07, 6.45) is 1.74. The highest BCUT2D eigenvalue weighted by Gasteiger charge is 2.12. The predicted molar refractivity (Wildman–Crippen MR) is 75.3 cm³/mol. The third-order valence-corrected chi connectivity index (χ3v) is 3.63. The van der Waals surface area contributed by atoms with Crippen molar-refractivity contribution in [2.45, 2.75) is 6.54 Å². The molecule has 1 aliphatic heterocycles. The lowest BCUT2D eigenvalue weighted by atomic mass is 10.3. The van der Waals surface area contributed by atoms with Crippen molar-refractivity contribution >= 4 is 21.6 Å². The van der Waals surface area contributed by atoms with E-state index in [4.69, 9.17) is 4.74 Å². The van der Waals surface area contributed by atoms with Gasteiger partial charge >= 0.3 is 0 Å². The van der Waals surface area contributed by atoms with Crippen molar-refractivity contribution in [3.63, 3.8) is 0 Å². The second-order valence-corrected chi connectivity index (χ2v) is 5.47. The van der Waals surface area contributed by atoms with Crippen LogP contribution in [0.5, 0.6) is 0 Å². The van der Waals surface area contributed by atoms with Crippen LogP contribution in [0.2, 0.25) is 0 Å². The number of nitrogens with zero attached hydrogens (tertiary/aromatic N) is 3. The Morgan fingerprint density at radius 1 is 1.32 bits per heavy atom. The number of morpholine rings is 1. The second-order valence-electron chi connectivity index (χ2n) is 4.55. The van der Waals surface area contributed by atoms with Gasteiger partial charge in [-0.1, -0.05) is 0 Å². The maximum absolute atomic E-state index is 12.1. The van der Waals surface area contributed by atoms with E-state index in [9.17, 15) is 4.79 Å². The first-order chi connectivity index (χ1) is 9.22. The van der Waals surface area contributed by atoms with Crippen molar-refractivity contribution in [3.8, 4) is 0 Å². The molecule has 1 saturated heterocycles. The van der Waals surface area contributed by atoms with E-state index in [1.54, 1.807) is 16.7 Å². The summed E-state index contributed by atoms with van der Waals surface area (Å²) < 4.78 is 7.73. The molecule has 0 saturated carbocycles. The predicted octanol–water partition coefficient (Wildman–Crippen LogP) is 1.29. The first-order valence-corrected chi connectivity index (χ1v) is 7.00. The molecule has 2 aromatic heterocycles. The van der Waals surface area contributed by atoms with E-state index in [0.717, 1.165) is 36.5 Å². The van der Waals surface area contributed by atoms with Gasteiger partial charge in [0.05, 0.1) is 18.9 Å². The number of halogens is 1. The van der Waals surface area contributed by atoms with E-state index in [0.29, 0.717) is 12.2 Å². The fourth-order valence-corrected chi connectivity index (χ4v) is 2.53. The number of hydrogen-bond acceptors (Lipinski definition) is 4. The monoisotopic (exact) mass is 323 g/mol. The lowest BCUT2D eigenvalue weighted by molar-refractivity contribution is 0.0336. The number of pyridine rings is 1. The Balaban J connectivity index is 1.92. The molecule has 100 valence electrons. The zero-order chi connectivity index (χ0) is 13.2. The molecule has 1 fully saturated rings. The molecule has 19 heavy (non-hydrogen) atoms. The van der Waals surface area contributed by atoms with E-state index in [1.807, 2.05) is 12.1 Å². The van der Waals surface area contributed by atoms with E-state index >= 15 is 0 Å². The fraction of sp³-hybridized carbons (Fsp3) is 0.385. The molecule has 0 aliphatic carbocycles. The number of rotatable bonds is 2. The van der Waals surface area contributed by atoms with E-state index < -0.39 is 0 Å². The van der Waals surface area contributed by atoms with Crippen molar-refractivity contribution in [1.29, 1.82) is 0 Å². The average molecular weight is 324 g/mol. The molecule has 5 nitrogen and oxygen atoms in total. The number of aromatic nitrogens is 2. The van der Waals surface area contributed by atoms with Gasteiger partial charge in [-0.3, -0.25) is 14.1 Å².